The first-order valence-corrected chi connectivity index (χ1v) is 4.79. The molecule has 0 unspecified atom stereocenters. The summed E-state index contributed by atoms with van der Waals surface area (Å²) in [7, 11) is 1.30. The lowest BCUT2D eigenvalue weighted by molar-refractivity contribution is 0.0606. The normalized spacial score (nSPS) is 9.21. The van der Waals surface area contributed by atoms with Gasteiger partial charge in [0.25, 0.3) is 0 Å². The molecule has 0 atom stereocenters. The predicted octanol–water partition coefficient (Wildman–Crippen LogP) is 1.81. The number of carbonyl (C=O) groups excluding carboxylic acids is 1. The van der Waals surface area contributed by atoms with Crippen molar-refractivity contribution in [2.45, 2.75) is 6.92 Å². The number of ether oxygens (including phenoxy) is 2. The number of rotatable bonds is 3. The number of hydrogen-bond donors (Lipinski definition) is 0. The van der Waals surface area contributed by atoms with Gasteiger partial charge in [-0.25, -0.2) is 4.79 Å². The van der Waals surface area contributed by atoms with Crippen molar-refractivity contribution >= 4 is 17.3 Å². The van der Waals surface area contributed by atoms with Crippen molar-refractivity contribution in [2.75, 3.05) is 13.7 Å². The van der Waals surface area contributed by atoms with E-state index in [-0.39, 0.29) is 0 Å². The van der Waals surface area contributed by atoms with E-state index >= 15 is 0 Å². The molecule has 1 rings (SSSR count). The highest BCUT2D eigenvalue weighted by molar-refractivity contribution is 7.14. The van der Waals surface area contributed by atoms with Crippen LogP contribution in [0.15, 0.2) is 6.07 Å². The molecular weight excluding hydrogens is 202 g/mol. The highest BCUT2D eigenvalue weighted by Crippen LogP contribution is 2.28. The van der Waals surface area contributed by atoms with Crippen molar-refractivity contribution in [3.63, 3.8) is 0 Å². The van der Waals surface area contributed by atoms with Crippen LogP contribution in [0.25, 0.3) is 0 Å². The lowest BCUT2D eigenvalue weighted by Gasteiger charge is -1.97. The van der Waals surface area contributed by atoms with Gasteiger partial charge in [-0.15, -0.1) is 11.3 Å². The zero-order valence-electron chi connectivity index (χ0n) is 7.86. The van der Waals surface area contributed by atoms with Crippen molar-refractivity contribution in [1.29, 1.82) is 5.26 Å². The summed E-state index contributed by atoms with van der Waals surface area (Å²) in [5.74, 6) is -0.00199. The molecule has 1 aromatic rings. The average molecular weight is 211 g/mol. The van der Waals surface area contributed by atoms with E-state index in [0.717, 1.165) is 11.3 Å². The lowest BCUT2D eigenvalue weighted by atomic mass is 10.4. The molecule has 0 aliphatic rings. The standard InChI is InChI=1S/C9H9NO3S/c1-3-13-6-4-7(9(11)12-2)14-8(6)5-10/h4H,3H2,1-2H3. The third-order valence-corrected chi connectivity index (χ3v) is 2.49. The molecule has 0 aromatic carbocycles. The molecule has 0 saturated heterocycles. The van der Waals surface area contributed by atoms with E-state index in [1.54, 1.807) is 0 Å². The number of thiophene rings is 1. The summed E-state index contributed by atoms with van der Waals surface area (Å²) < 4.78 is 9.72. The predicted molar refractivity (Wildman–Crippen MR) is 51.5 cm³/mol. The number of carbonyl (C=O) groups is 1. The van der Waals surface area contributed by atoms with Gasteiger partial charge in [0.05, 0.1) is 13.7 Å². The van der Waals surface area contributed by atoms with Gasteiger partial charge in [0.15, 0.2) is 0 Å². The van der Waals surface area contributed by atoms with Crippen molar-refractivity contribution in [3.8, 4) is 11.8 Å². The van der Waals surface area contributed by atoms with Gasteiger partial charge < -0.3 is 9.47 Å². The Labute approximate surface area is 85.7 Å². The Hall–Kier alpha value is -1.54. The first-order valence-electron chi connectivity index (χ1n) is 3.98. The monoisotopic (exact) mass is 211 g/mol. The van der Waals surface area contributed by atoms with E-state index in [4.69, 9.17) is 10.00 Å². The van der Waals surface area contributed by atoms with E-state index in [9.17, 15) is 4.79 Å². The van der Waals surface area contributed by atoms with Crippen molar-refractivity contribution in [1.82, 2.24) is 0 Å². The van der Waals surface area contributed by atoms with Crippen LogP contribution in [-0.2, 0) is 4.74 Å². The van der Waals surface area contributed by atoms with Gasteiger partial charge in [0.2, 0.25) is 0 Å². The summed E-state index contributed by atoms with van der Waals surface area (Å²) in [6, 6.07) is 3.49. The Morgan fingerprint density at radius 3 is 2.93 bits per heavy atom. The minimum absolute atomic E-state index is 0.382. The molecule has 0 bridgehead atoms. The number of esters is 1. The number of methoxy groups -OCH3 is 1. The molecule has 14 heavy (non-hydrogen) atoms. The molecule has 0 amide bonds. The van der Waals surface area contributed by atoms with E-state index in [1.807, 2.05) is 13.0 Å². The third-order valence-electron chi connectivity index (χ3n) is 1.49. The molecule has 5 heteroatoms. The minimum atomic E-state index is -0.447. The van der Waals surface area contributed by atoms with Gasteiger partial charge in [-0.3, -0.25) is 0 Å². The van der Waals surface area contributed by atoms with E-state index in [1.165, 1.54) is 13.2 Å². The summed E-state index contributed by atoms with van der Waals surface area (Å²) in [5.41, 5.74) is 0. The molecule has 4 nitrogen and oxygen atoms in total. The molecule has 0 radical (unpaired) electrons. The van der Waals surface area contributed by atoms with Crippen LogP contribution in [0.3, 0.4) is 0 Å². The zero-order chi connectivity index (χ0) is 10.6. The third kappa shape index (κ3) is 2.03. The fraction of sp³-hybridized carbons (Fsp3) is 0.333. The lowest BCUT2D eigenvalue weighted by Crippen LogP contribution is -1.97. The number of hydrogen-bond acceptors (Lipinski definition) is 5. The molecular formula is C9H9NO3S. The Balaban J connectivity index is 3.01. The number of nitriles is 1. The largest absolute Gasteiger partial charge is 0.492 e. The van der Waals surface area contributed by atoms with Crippen LogP contribution in [0, 0.1) is 11.3 Å². The maximum Gasteiger partial charge on any atom is 0.348 e. The molecule has 1 heterocycles. The van der Waals surface area contributed by atoms with Crippen LogP contribution < -0.4 is 4.74 Å². The Morgan fingerprint density at radius 1 is 1.71 bits per heavy atom. The van der Waals surface area contributed by atoms with Gasteiger partial charge in [-0.1, -0.05) is 0 Å². The van der Waals surface area contributed by atoms with Gasteiger partial charge in [0.1, 0.15) is 21.6 Å². The fourth-order valence-corrected chi connectivity index (χ4v) is 1.73. The van der Waals surface area contributed by atoms with Gasteiger partial charge in [-0.05, 0) is 6.92 Å². The van der Waals surface area contributed by atoms with Crippen molar-refractivity contribution in [2.24, 2.45) is 0 Å². The van der Waals surface area contributed by atoms with Crippen LogP contribution in [0.4, 0.5) is 0 Å². The Morgan fingerprint density at radius 2 is 2.43 bits per heavy atom. The highest BCUT2D eigenvalue weighted by Gasteiger charge is 2.15. The summed E-state index contributed by atoms with van der Waals surface area (Å²) in [4.78, 5) is 11.9. The molecule has 0 saturated carbocycles. The molecule has 74 valence electrons. The second kappa shape index (κ2) is 4.63. The maximum atomic E-state index is 11.1. The molecule has 0 fully saturated rings. The van der Waals surface area contributed by atoms with Crippen molar-refractivity contribution in [3.05, 3.63) is 15.8 Å². The maximum absolute atomic E-state index is 11.1. The minimum Gasteiger partial charge on any atom is -0.492 e. The molecule has 0 aliphatic heterocycles. The smallest absolute Gasteiger partial charge is 0.348 e. The molecule has 0 N–H and O–H groups in total. The Bertz CT molecular complexity index is 378. The number of nitrogens with zero attached hydrogens (tertiary/aromatic N) is 1. The van der Waals surface area contributed by atoms with Gasteiger partial charge in [0, 0.05) is 6.07 Å². The quantitative estimate of drug-likeness (QED) is 0.715. The SMILES string of the molecule is CCOc1cc(C(=O)OC)sc1C#N. The second-order valence-corrected chi connectivity index (χ2v) is 3.39. The van der Waals surface area contributed by atoms with Crippen LogP contribution in [-0.4, -0.2) is 19.7 Å². The molecule has 0 spiro atoms. The van der Waals surface area contributed by atoms with Crippen molar-refractivity contribution < 1.29 is 14.3 Å². The summed E-state index contributed by atoms with van der Waals surface area (Å²) in [6.07, 6.45) is 0. The fourth-order valence-electron chi connectivity index (χ4n) is 0.916. The van der Waals surface area contributed by atoms with Crippen LogP contribution in [0.2, 0.25) is 0 Å². The second-order valence-electron chi connectivity index (χ2n) is 2.34. The summed E-state index contributed by atoms with van der Waals surface area (Å²) >= 11 is 1.07. The Kier molecular flexibility index (Phi) is 3.48. The van der Waals surface area contributed by atoms with Crippen LogP contribution in [0.1, 0.15) is 21.5 Å². The average Bonchev–Trinajstić information content (AvgIpc) is 2.60. The van der Waals surface area contributed by atoms with Gasteiger partial charge in [-0.2, -0.15) is 5.26 Å². The molecule has 0 aliphatic carbocycles. The first-order chi connectivity index (χ1) is 6.72. The highest BCUT2D eigenvalue weighted by atomic mass is 32.1. The summed E-state index contributed by atoms with van der Waals surface area (Å²) in [5, 5.41) is 8.74. The molecule has 1 aromatic heterocycles. The van der Waals surface area contributed by atoms with E-state index < -0.39 is 5.97 Å². The van der Waals surface area contributed by atoms with E-state index in [0.29, 0.717) is 22.1 Å². The van der Waals surface area contributed by atoms with Crippen LogP contribution >= 0.6 is 11.3 Å². The zero-order valence-corrected chi connectivity index (χ0v) is 8.68. The van der Waals surface area contributed by atoms with E-state index in [2.05, 4.69) is 4.74 Å². The van der Waals surface area contributed by atoms with Gasteiger partial charge >= 0.3 is 5.97 Å². The summed E-state index contributed by atoms with van der Waals surface area (Å²) in [6.45, 7) is 2.28. The topological polar surface area (TPSA) is 59.3 Å². The van der Waals surface area contributed by atoms with Crippen LogP contribution in [0.5, 0.6) is 5.75 Å². The first kappa shape index (κ1) is 10.5.